The molecule has 0 saturated heterocycles. The number of benzene rings is 1. The smallest absolute Gasteiger partial charge is 0.449 e. The first-order valence-corrected chi connectivity index (χ1v) is 5.12. The number of Topliss-reactive ketones (excluding diaryl/α,β-unsaturated/α-hetero) is 1. The van der Waals surface area contributed by atoms with Crippen molar-refractivity contribution in [1.29, 1.82) is 0 Å². The number of hydrogen-bond acceptors (Lipinski definition) is 3. The van der Waals surface area contributed by atoms with E-state index in [1.165, 1.54) is 6.92 Å². The molecule has 4 nitrogen and oxygen atoms in total. The highest BCUT2D eigenvalue weighted by Crippen LogP contribution is 2.01. The lowest BCUT2D eigenvalue weighted by Gasteiger charge is -1.93. The fraction of sp³-hybridized carbons (Fsp3) is 0.231. The first-order chi connectivity index (χ1) is 7.97. The summed E-state index contributed by atoms with van der Waals surface area (Å²) < 4.78 is 3.97. The molecule has 0 amide bonds. The molecular weight excluding hydrogens is 220 g/mol. The molecule has 0 aliphatic rings. The lowest BCUT2D eigenvalue weighted by Crippen LogP contribution is -1.95. The quantitative estimate of drug-likeness (QED) is 0.495. The second kappa shape index (κ2) is 8.10. The van der Waals surface area contributed by atoms with E-state index < -0.39 is 6.16 Å². The molecule has 0 radical (unpaired) electrons. The SMILES string of the molecule is C=C(C)OC(=O)O.CCC(=O)c1ccccc1. The Hall–Kier alpha value is -2.10. The Morgan fingerprint density at radius 3 is 2.12 bits per heavy atom. The Labute approximate surface area is 101 Å². The van der Waals surface area contributed by atoms with Crippen LogP contribution >= 0.6 is 0 Å². The van der Waals surface area contributed by atoms with Crippen molar-refractivity contribution in [3.63, 3.8) is 0 Å². The van der Waals surface area contributed by atoms with E-state index in [9.17, 15) is 9.59 Å². The largest absolute Gasteiger partial charge is 0.510 e. The van der Waals surface area contributed by atoms with Crippen LogP contribution in [-0.4, -0.2) is 17.0 Å². The Balaban J connectivity index is 0.000000325. The van der Waals surface area contributed by atoms with Gasteiger partial charge in [0.2, 0.25) is 0 Å². The normalized spacial score (nSPS) is 8.59. The highest BCUT2D eigenvalue weighted by atomic mass is 16.7. The van der Waals surface area contributed by atoms with Crippen molar-refractivity contribution < 1.29 is 19.4 Å². The fourth-order valence-corrected chi connectivity index (χ4v) is 0.977. The molecule has 0 unspecified atom stereocenters. The Bertz CT molecular complexity index is 370. The number of carbonyl (C=O) groups is 2. The summed E-state index contributed by atoms with van der Waals surface area (Å²) in [5.74, 6) is 0.396. The van der Waals surface area contributed by atoms with Gasteiger partial charge in [-0.05, 0) is 6.92 Å². The van der Waals surface area contributed by atoms with Crippen LogP contribution in [0.4, 0.5) is 4.79 Å². The molecule has 0 aliphatic carbocycles. The third-order valence-corrected chi connectivity index (χ3v) is 1.68. The predicted octanol–water partition coefficient (Wildman–Crippen LogP) is 3.49. The predicted molar refractivity (Wildman–Crippen MR) is 65.0 cm³/mol. The van der Waals surface area contributed by atoms with Crippen molar-refractivity contribution in [2.24, 2.45) is 0 Å². The Morgan fingerprint density at radius 2 is 1.82 bits per heavy atom. The van der Waals surface area contributed by atoms with E-state index >= 15 is 0 Å². The molecule has 1 aromatic carbocycles. The van der Waals surface area contributed by atoms with Crippen LogP contribution in [0.2, 0.25) is 0 Å². The summed E-state index contributed by atoms with van der Waals surface area (Å²) in [7, 11) is 0. The van der Waals surface area contributed by atoms with Gasteiger partial charge in [0, 0.05) is 12.0 Å². The molecule has 17 heavy (non-hydrogen) atoms. The minimum absolute atomic E-state index is 0.188. The number of carboxylic acid groups (broad SMARTS) is 1. The molecule has 1 aromatic rings. The number of carbonyl (C=O) groups excluding carboxylic acids is 1. The number of rotatable bonds is 3. The van der Waals surface area contributed by atoms with Gasteiger partial charge in [0.1, 0.15) is 5.76 Å². The summed E-state index contributed by atoms with van der Waals surface area (Å²) in [5, 5.41) is 7.80. The molecule has 4 heteroatoms. The minimum atomic E-state index is -1.31. The standard InChI is InChI=1S/C9H10O.C4H6O3/c1-2-9(10)8-6-4-3-5-7-8;1-3(2)7-4(5)6/h3-7H,2H2,1H3;1H2,2H3,(H,5,6). The van der Waals surface area contributed by atoms with Gasteiger partial charge in [-0.25, -0.2) is 4.79 Å². The molecule has 1 rings (SSSR count). The maximum atomic E-state index is 11.0. The van der Waals surface area contributed by atoms with Crippen LogP contribution in [0.3, 0.4) is 0 Å². The van der Waals surface area contributed by atoms with Gasteiger partial charge in [-0.2, -0.15) is 0 Å². The zero-order valence-electron chi connectivity index (χ0n) is 9.97. The van der Waals surface area contributed by atoms with Gasteiger partial charge in [-0.1, -0.05) is 43.8 Å². The first kappa shape index (κ1) is 14.9. The van der Waals surface area contributed by atoms with Gasteiger partial charge in [0.15, 0.2) is 5.78 Å². The molecule has 0 aliphatic heterocycles. The van der Waals surface area contributed by atoms with E-state index in [1.54, 1.807) is 0 Å². The number of hydrogen-bond donors (Lipinski definition) is 1. The van der Waals surface area contributed by atoms with Crippen LogP contribution in [0.5, 0.6) is 0 Å². The summed E-state index contributed by atoms with van der Waals surface area (Å²) >= 11 is 0. The van der Waals surface area contributed by atoms with Gasteiger partial charge in [0.05, 0.1) is 0 Å². The van der Waals surface area contributed by atoms with Crippen LogP contribution in [-0.2, 0) is 4.74 Å². The van der Waals surface area contributed by atoms with Gasteiger partial charge in [-0.3, -0.25) is 4.79 Å². The highest BCUT2D eigenvalue weighted by molar-refractivity contribution is 5.95. The molecule has 0 fully saturated rings. The van der Waals surface area contributed by atoms with Gasteiger partial charge in [0.25, 0.3) is 0 Å². The topological polar surface area (TPSA) is 63.6 Å². The van der Waals surface area contributed by atoms with E-state index in [1.807, 2.05) is 37.3 Å². The first-order valence-electron chi connectivity index (χ1n) is 5.12. The molecule has 92 valence electrons. The average molecular weight is 236 g/mol. The van der Waals surface area contributed by atoms with E-state index in [-0.39, 0.29) is 11.5 Å². The van der Waals surface area contributed by atoms with Gasteiger partial charge >= 0.3 is 6.16 Å². The van der Waals surface area contributed by atoms with Crippen LogP contribution in [0.25, 0.3) is 0 Å². The Kier molecular flexibility index (Phi) is 7.10. The maximum absolute atomic E-state index is 11.0. The molecule has 1 N–H and O–H groups in total. The van der Waals surface area contributed by atoms with E-state index in [0.717, 1.165) is 5.56 Å². The monoisotopic (exact) mass is 236 g/mol. The van der Waals surface area contributed by atoms with Gasteiger partial charge in [-0.15, -0.1) is 0 Å². The number of ether oxygens (including phenoxy) is 1. The van der Waals surface area contributed by atoms with E-state index in [2.05, 4.69) is 11.3 Å². The third-order valence-electron chi connectivity index (χ3n) is 1.68. The molecule has 0 atom stereocenters. The lowest BCUT2D eigenvalue weighted by atomic mass is 10.1. The Morgan fingerprint density at radius 1 is 1.29 bits per heavy atom. The van der Waals surface area contributed by atoms with Crippen LogP contribution < -0.4 is 0 Å². The fourth-order valence-electron chi connectivity index (χ4n) is 0.977. The molecule has 0 heterocycles. The van der Waals surface area contributed by atoms with Crippen molar-refractivity contribution in [3.8, 4) is 0 Å². The lowest BCUT2D eigenvalue weighted by molar-refractivity contribution is 0.0987. The van der Waals surface area contributed by atoms with E-state index in [4.69, 9.17) is 5.11 Å². The second-order valence-electron chi connectivity index (χ2n) is 3.21. The number of allylic oxidation sites excluding steroid dienone is 1. The average Bonchev–Trinajstić information content (AvgIpc) is 2.28. The van der Waals surface area contributed by atoms with Crippen molar-refractivity contribution in [1.82, 2.24) is 0 Å². The summed E-state index contributed by atoms with van der Waals surface area (Å²) in [6.07, 6.45) is -0.725. The van der Waals surface area contributed by atoms with Gasteiger partial charge < -0.3 is 9.84 Å². The summed E-state index contributed by atoms with van der Waals surface area (Å²) in [5.41, 5.74) is 0.810. The van der Waals surface area contributed by atoms with Crippen LogP contribution in [0, 0.1) is 0 Å². The zero-order valence-corrected chi connectivity index (χ0v) is 9.97. The summed E-state index contributed by atoms with van der Waals surface area (Å²) in [4.78, 5) is 20.5. The summed E-state index contributed by atoms with van der Waals surface area (Å²) in [6.45, 7) is 6.53. The van der Waals surface area contributed by atoms with Crippen molar-refractivity contribution >= 4 is 11.9 Å². The maximum Gasteiger partial charge on any atom is 0.510 e. The second-order valence-corrected chi connectivity index (χ2v) is 3.21. The molecular formula is C13H16O4. The van der Waals surface area contributed by atoms with E-state index in [0.29, 0.717) is 6.42 Å². The van der Waals surface area contributed by atoms with Crippen LogP contribution in [0.15, 0.2) is 42.7 Å². The van der Waals surface area contributed by atoms with Crippen molar-refractivity contribution in [2.75, 3.05) is 0 Å². The van der Waals surface area contributed by atoms with Crippen molar-refractivity contribution in [3.05, 3.63) is 48.2 Å². The van der Waals surface area contributed by atoms with Crippen molar-refractivity contribution in [2.45, 2.75) is 20.3 Å². The van der Waals surface area contributed by atoms with Crippen LogP contribution in [0.1, 0.15) is 30.6 Å². The molecule has 0 spiro atoms. The molecule has 0 saturated carbocycles. The zero-order chi connectivity index (χ0) is 13.3. The minimum Gasteiger partial charge on any atom is -0.449 e. The summed E-state index contributed by atoms with van der Waals surface area (Å²) in [6, 6.07) is 9.34. The molecule has 0 aromatic heterocycles. The third kappa shape index (κ3) is 7.79. The number of ketones is 1. The molecule has 0 bridgehead atoms. The highest BCUT2D eigenvalue weighted by Gasteiger charge is 1.98.